The predicted molar refractivity (Wildman–Crippen MR) is 69.0 cm³/mol. The van der Waals surface area contributed by atoms with Gasteiger partial charge in [0.25, 0.3) is 0 Å². The number of methoxy groups -OCH3 is 1. The van der Waals surface area contributed by atoms with Crippen molar-refractivity contribution in [2.45, 2.75) is 32.0 Å². The van der Waals surface area contributed by atoms with Gasteiger partial charge in [-0.05, 0) is 19.8 Å². The summed E-state index contributed by atoms with van der Waals surface area (Å²) in [6.45, 7) is 15.2. The average Bonchev–Trinajstić information content (AvgIpc) is 2.55. The van der Waals surface area contributed by atoms with Gasteiger partial charge in [-0.2, -0.15) is 0 Å². The van der Waals surface area contributed by atoms with Gasteiger partial charge in [-0.1, -0.05) is 18.2 Å². The van der Waals surface area contributed by atoms with Crippen LogP contribution in [-0.4, -0.2) is 35.5 Å². The Morgan fingerprint density at radius 2 is 1.55 bits per heavy atom. The third kappa shape index (κ3) is 36.3. The Morgan fingerprint density at radius 1 is 1.09 bits per heavy atom. The molecule has 0 aromatic carbocycles. The van der Waals surface area contributed by atoms with Crippen molar-refractivity contribution < 1.29 is 50.8 Å². The first-order valence-electron chi connectivity index (χ1n) is 5.46. The molecule has 7 nitrogen and oxygen atoms in total. The number of esters is 1. The van der Waals surface area contributed by atoms with Gasteiger partial charge >= 0.3 is 39.9 Å². The number of carbonyl (C=O) groups excluding carboxylic acids is 1. The minimum atomic E-state index is -0.595. The van der Waals surface area contributed by atoms with E-state index < -0.39 is 18.2 Å². The number of carbonyl (C=O) groups is 1. The fraction of sp³-hybridized carbons (Fsp3) is 0.429. The molecule has 0 aromatic heterocycles. The van der Waals surface area contributed by atoms with Crippen LogP contribution >= 0.6 is 0 Å². The van der Waals surface area contributed by atoms with Gasteiger partial charge in [0.15, 0.2) is 0 Å². The summed E-state index contributed by atoms with van der Waals surface area (Å²) in [4.78, 5) is 10.6. The van der Waals surface area contributed by atoms with Crippen molar-refractivity contribution in [3.63, 3.8) is 0 Å². The summed E-state index contributed by atoms with van der Waals surface area (Å²) in [7, 11) is 1.30. The molecule has 0 saturated heterocycles. The van der Waals surface area contributed by atoms with Crippen LogP contribution in [0.4, 0.5) is 0 Å². The van der Waals surface area contributed by atoms with E-state index in [1.54, 1.807) is 19.1 Å². The van der Waals surface area contributed by atoms with E-state index in [0.29, 0.717) is 12.8 Å². The standard InChI is InChI=1S/C11H18O4.3CO.Fe/c1-9(12)7-8-10(13)5-3-4-6-11(14)15-2;3*1-2;/h3-6,9-10,12-13H,7-8H2,1-2H3;;;;/b5-3+,6-4+;;;;/t9-,10-;;;;/m1..../s1. The Kier molecular flexibility index (Phi) is 47.0. The number of aliphatic hydroxyl groups excluding tert-OH is 2. The van der Waals surface area contributed by atoms with Crippen molar-refractivity contribution in [2.24, 2.45) is 0 Å². The second-order valence-corrected chi connectivity index (χ2v) is 3.26. The van der Waals surface area contributed by atoms with Crippen molar-refractivity contribution in [3.05, 3.63) is 44.3 Å². The number of ether oxygens (including phenoxy) is 1. The van der Waals surface area contributed by atoms with Crippen molar-refractivity contribution in [1.29, 1.82) is 0 Å². The molecule has 0 aromatic rings. The van der Waals surface area contributed by atoms with Gasteiger partial charge in [-0.3, -0.25) is 0 Å². The van der Waals surface area contributed by atoms with Gasteiger partial charge in [0, 0.05) is 23.1 Å². The summed E-state index contributed by atoms with van der Waals surface area (Å²) in [6.07, 6.45) is 5.94. The van der Waals surface area contributed by atoms with Crippen LogP contribution in [0.3, 0.4) is 0 Å². The third-order valence-corrected chi connectivity index (χ3v) is 1.76. The largest absolute Gasteiger partial charge is 0 e. The van der Waals surface area contributed by atoms with Crippen LogP contribution in [0.25, 0.3) is 0 Å². The Morgan fingerprint density at radius 3 is 1.91 bits per heavy atom. The molecule has 0 bridgehead atoms. The number of allylic oxidation sites excluding steroid dienone is 2. The number of rotatable bonds is 6. The Hall–Kier alpha value is -1.39. The van der Waals surface area contributed by atoms with Crippen LogP contribution in [0.2, 0.25) is 0 Å². The molecule has 0 heterocycles. The maximum Gasteiger partial charge on any atom is 0 e. The first kappa shape index (κ1) is 32.5. The Labute approximate surface area is 140 Å². The van der Waals surface area contributed by atoms with Gasteiger partial charge < -0.3 is 14.9 Å². The minimum absolute atomic E-state index is 0. The molecule has 0 rings (SSSR count). The van der Waals surface area contributed by atoms with Gasteiger partial charge in [-0.25, -0.2) is 4.79 Å². The van der Waals surface area contributed by atoms with Crippen molar-refractivity contribution in [1.82, 2.24) is 0 Å². The first-order chi connectivity index (χ1) is 10.1. The van der Waals surface area contributed by atoms with Crippen LogP contribution in [0.5, 0.6) is 0 Å². The van der Waals surface area contributed by atoms with Crippen LogP contribution in [0, 0.1) is 20.0 Å². The molecule has 0 aliphatic rings. The second-order valence-electron chi connectivity index (χ2n) is 3.26. The summed E-state index contributed by atoms with van der Waals surface area (Å²) in [5, 5.41) is 18.3. The zero-order chi connectivity index (χ0) is 17.7. The molecular formula is C14H18FeO7. The molecule has 0 unspecified atom stereocenters. The molecule has 0 aliphatic heterocycles. The fourth-order valence-electron chi connectivity index (χ4n) is 0.903. The second kappa shape index (κ2) is 31.8. The monoisotopic (exact) mass is 354 g/mol. The van der Waals surface area contributed by atoms with Gasteiger partial charge in [0.2, 0.25) is 0 Å². The molecular weight excluding hydrogens is 336 g/mol. The quantitative estimate of drug-likeness (QED) is 0.182. The molecule has 2 atom stereocenters. The summed E-state index contributed by atoms with van der Waals surface area (Å²) in [5.41, 5.74) is 0. The van der Waals surface area contributed by atoms with E-state index in [1.165, 1.54) is 19.3 Å². The van der Waals surface area contributed by atoms with Crippen molar-refractivity contribution in [3.8, 4) is 0 Å². The molecule has 0 radical (unpaired) electrons. The van der Waals surface area contributed by atoms with E-state index in [-0.39, 0.29) is 17.1 Å². The maximum absolute atomic E-state index is 10.6. The van der Waals surface area contributed by atoms with E-state index in [0.717, 1.165) is 0 Å². The van der Waals surface area contributed by atoms with Crippen molar-refractivity contribution in [2.75, 3.05) is 7.11 Å². The van der Waals surface area contributed by atoms with Crippen molar-refractivity contribution >= 4 is 5.97 Å². The number of aliphatic hydroxyl groups is 2. The molecule has 8 heteroatoms. The van der Waals surface area contributed by atoms with E-state index in [9.17, 15) is 9.90 Å². The van der Waals surface area contributed by atoms with Crippen LogP contribution in [0.15, 0.2) is 24.3 Å². The smallest absolute Gasteiger partial charge is 0 e. The molecule has 2 N–H and O–H groups in total. The third-order valence-electron chi connectivity index (χ3n) is 1.76. The van der Waals surface area contributed by atoms with Crippen LogP contribution < -0.4 is 0 Å². The first-order valence-corrected chi connectivity index (χ1v) is 5.46. The van der Waals surface area contributed by atoms with E-state index in [2.05, 4.69) is 24.7 Å². The maximum atomic E-state index is 10.6. The molecule has 124 valence electrons. The molecule has 0 fully saturated rings. The Bertz CT molecular complexity index is 329. The van der Waals surface area contributed by atoms with E-state index in [4.69, 9.17) is 19.1 Å². The van der Waals surface area contributed by atoms with Gasteiger partial charge in [0.1, 0.15) is 0 Å². The zero-order valence-corrected chi connectivity index (χ0v) is 13.3. The fourth-order valence-corrected chi connectivity index (χ4v) is 0.903. The Balaban J connectivity index is -0.000000122. The molecule has 0 spiro atoms. The molecule has 22 heavy (non-hydrogen) atoms. The van der Waals surface area contributed by atoms with Crippen LogP contribution in [0.1, 0.15) is 19.8 Å². The topological polar surface area (TPSA) is 126 Å². The molecule has 0 amide bonds. The van der Waals surface area contributed by atoms with E-state index >= 15 is 0 Å². The minimum Gasteiger partial charge on any atom is 0 e. The molecule has 0 aliphatic carbocycles. The summed E-state index contributed by atoms with van der Waals surface area (Å²) < 4.78 is 26.9. The number of hydrogen-bond acceptors (Lipinski definition) is 4. The zero-order valence-electron chi connectivity index (χ0n) is 12.2. The summed E-state index contributed by atoms with van der Waals surface area (Å²) >= 11 is 0. The summed E-state index contributed by atoms with van der Waals surface area (Å²) in [6, 6.07) is 0. The summed E-state index contributed by atoms with van der Waals surface area (Å²) in [5.74, 6) is -0.432. The average molecular weight is 354 g/mol. The van der Waals surface area contributed by atoms with Crippen LogP contribution in [-0.2, 0) is 40.6 Å². The molecule has 0 saturated carbocycles. The van der Waals surface area contributed by atoms with Gasteiger partial charge in [-0.15, -0.1) is 0 Å². The SMILES string of the molecule is COC(=O)/C=C/C=C/[C@@H](O)CC[C@@H](C)O.[C-]#[O+].[C-]#[O+].[C-]#[O+].[Fe]. The number of hydrogen-bond donors (Lipinski definition) is 2. The van der Waals surface area contributed by atoms with Gasteiger partial charge in [0.05, 0.1) is 19.3 Å². The predicted octanol–water partition coefficient (Wildman–Crippen LogP) is 0.679. The normalized spacial score (nSPS) is 11.0. The van der Waals surface area contributed by atoms with E-state index in [1.807, 2.05) is 0 Å².